The summed E-state index contributed by atoms with van der Waals surface area (Å²) in [6.07, 6.45) is 3.05. The van der Waals surface area contributed by atoms with E-state index in [-0.39, 0.29) is 23.8 Å². The molecule has 2 saturated heterocycles. The van der Waals surface area contributed by atoms with Crippen molar-refractivity contribution in [2.75, 3.05) is 0 Å². The third-order valence-corrected chi connectivity index (χ3v) is 5.39. The molecule has 0 bridgehead atoms. The Morgan fingerprint density at radius 2 is 1.89 bits per heavy atom. The van der Waals surface area contributed by atoms with E-state index in [0.29, 0.717) is 12.3 Å². The van der Waals surface area contributed by atoms with Crippen molar-refractivity contribution >= 4 is 11.9 Å². The van der Waals surface area contributed by atoms with Crippen LogP contribution in [0, 0.1) is 17.8 Å². The summed E-state index contributed by atoms with van der Waals surface area (Å²) in [5, 5.41) is 0. The Bertz CT molecular complexity index is 418. The number of hydrogen-bond donors (Lipinski definition) is 0. The van der Waals surface area contributed by atoms with Gasteiger partial charge in [-0.15, -0.1) is 0 Å². The first kappa shape index (κ1) is 12.0. The minimum atomic E-state index is -0.984. The average molecular weight is 252 g/mol. The van der Waals surface area contributed by atoms with Crippen molar-refractivity contribution in [3.63, 3.8) is 0 Å². The van der Waals surface area contributed by atoms with Crippen molar-refractivity contribution < 1.29 is 19.1 Å². The summed E-state index contributed by atoms with van der Waals surface area (Å²) < 4.78 is 11.2. The first-order valence-corrected chi connectivity index (χ1v) is 7.01. The zero-order valence-electron chi connectivity index (χ0n) is 11.2. The van der Waals surface area contributed by atoms with Crippen LogP contribution < -0.4 is 0 Å². The monoisotopic (exact) mass is 252 g/mol. The third-order valence-electron chi connectivity index (χ3n) is 5.39. The fourth-order valence-corrected chi connectivity index (χ4v) is 4.47. The molecule has 0 N–H and O–H groups in total. The Kier molecular flexibility index (Phi) is 2.32. The van der Waals surface area contributed by atoms with Crippen LogP contribution in [0.5, 0.6) is 0 Å². The SMILES string of the molecule is CC[C@H]1C[C@]2(CC)OC(=O)[C@]3(CC)OC(=O)[C@H]1[C@H]23. The maximum absolute atomic E-state index is 12.2. The van der Waals surface area contributed by atoms with E-state index in [4.69, 9.17) is 9.47 Å². The lowest BCUT2D eigenvalue weighted by Crippen LogP contribution is -2.42. The van der Waals surface area contributed by atoms with Crippen LogP contribution in [-0.2, 0) is 19.1 Å². The number of ether oxygens (including phenoxy) is 2. The van der Waals surface area contributed by atoms with E-state index in [1.165, 1.54) is 0 Å². The molecule has 3 fully saturated rings. The summed E-state index contributed by atoms with van der Waals surface area (Å²) >= 11 is 0. The van der Waals surface area contributed by atoms with Crippen LogP contribution >= 0.6 is 0 Å². The van der Waals surface area contributed by atoms with Gasteiger partial charge in [-0.1, -0.05) is 27.2 Å². The number of hydrogen-bond acceptors (Lipinski definition) is 4. The molecule has 0 amide bonds. The van der Waals surface area contributed by atoms with Gasteiger partial charge >= 0.3 is 11.9 Å². The molecule has 18 heavy (non-hydrogen) atoms. The van der Waals surface area contributed by atoms with E-state index in [1.54, 1.807) is 0 Å². The summed E-state index contributed by atoms with van der Waals surface area (Å²) in [5.41, 5.74) is -1.44. The lowest BCUT2D eigenvalue weighted by Gasteiger charge is -2.27. The molecule has 3 aliphatic rings. The maximum atomic E-state index is 12.2. The van der Waals surface area contributed by atoms with E-state index in [1.807, 2.05) is 13.8 Å². The van der Waals surface area contributed by atoms with E-state index in [0.717, 1.165) is 19.3 Å². The molecule has 5 atom stereocenters. The molecule has 3 rings (SSSR count). The fourth-order valence-electron chi connectivity index (χ4n) is 4.47. The quantitative estimate of drug-likeness (QED) is 0.721. The fraction of sp³-hybridized carbons (Fsp3) is 0.857. The van der Waals surface area contributed by atoms with Gasteiger partial charge in [0.05, 0.1) is 11.8 Å². The first-order valence-electron chi connectivity index (χ1n) is 7.01. The molecule has 0 unspecified atom stereocenters. The first-order chi connectivity index (χ1) is 8.54. The number of rotatable bonds is 3. The van der Waals surface area contributed by atoms with Crippen LogP contribution in [-0.4, -0.2) is 23.1 Å². The second kappa shape index (κ2) is 3.49. The third kappa shape index (κ3) is 1.08. The van der Waals surface area contributed by atoms with Crippen LogP contribution in [0.1, 0.15) is 46.5 Å². The van der Waals surface area contributed by atoms with Crippen LogP contribution in [0.4, 0.5) is 0 Å². The lowest BCUT2D eigenvalue weighted by atomic mass is 9.75. The average Bonchev–Trinajstić information content (AvgIpc) is 2.93. The van der Waals surface area contributed by atoms with Crippen LogP contribution in [0.2, 0.25) is 0 Å². The summed E-state index contributed by atoms with van der Waals surface area (Å²) in [4.78, 5) is 24.4. The highest BCUT2D eigenvalue weighted by molar-refractivity contribution is 5.92. The molecule has 2 aliphatic heterocycles. The number of esters is 2. The van der Waals surface area contributed by atoms with Gasteiger partial charge in [0, 0.05) is 0 Å². The van der Waals surface area contributed by atoms with Gasteiger partial charge in [-0.3, -0.25) is 4.79 Å². The molecule has 0 spiro atoms. The van der Waals surface area contributed by atoms with Crippen LogP contribution in [0.3, 0.4) is 0 Å². The highest BCUT2D eigenvalue weighted by atomic mass is 16.6. The number of carbonyl (C=O) groups is 2. The van der Waals surface area contributed by atoms with Gasteiger partial charge in [-0.25, -0.2) is 4.79 Å². The molecule has 1 aliphatic carbocycles. The molecule has 0 radical (unpaired) electrons. The van der Waals surface area contributed by atoms with Gasteiger partial charge in [0.15, 0.2) is 0 Å². The van der Waals surface area contributed by atoms with Crippen molar-refractivity contribution in [1.82, 2.24) is 0 Å². The van der Waals surface area contributed by atoms with E-state index in [2.05, 4.69) is 6.92 Å². The highest BCUT2D eigenvalue weighted by Crippen LogP contribution is 2.63. The van der Waals surface area contributed by atoms with Gasteiger partial charge in [-0.05, 0) is 25.2 Å². The van der Waals surface area contributed by atoms with Gasteiger partial charge < -0.3 is 9.47 Å². The summed E-state index contributed by atoms with van der Waals surface area (Å²) in [6, 6.07) is 0. The normalized spacial score (nSPS) is 49.2. The highest BCUT2D eigenvalue weighted by Gasteiger charge is 2.77. The molecular formula is C14H20O4. The van der Waals surface area contributed by atoms with E-state index in [9.17, 15) is 9.59 Å². The van der Waals surface area contributed by atoms with Crippen molar-refractivity contribution in [3.8, 4) is 0 Å². The van der Waals surface area contributed by atoms with Crippen molar-refractivity contribution in [3.05, 3.63) is 0 Å². The Labute approximate surface area is 107 Å². The Balaban J connectivity index is 2.12. The van der Waals surface area contributed by atoms with Crippen LogP contribution in [0.15, 0.2) is 0 Å². The zero-order valence-corrected chi connectivity index (χ0v) is 11.2. The van der Waals surface area contributed by atoms with Gasteiger partial charge in [0.25, 0.3) is 0 Å². The molecule has 4 heteroatoms. The molecule has 1 saturated carbocycles. The molecule has 2 heterocycles. The largest absolute Gasteiger partial charge is 0.456 e. The summed E-state index contributed by atoms with van der Waals surface area (Å²) in [5.74, 6) is -0.404. The summed E-state index contributed by atoms with van der Waals surface area (Å²) in [7, 11) is 0. The predicted octanol–water partition coefficient (Wildman–Crippen LogP) is 2.06. The standard InChI is InChI=1S/C14H20O4/c1-4-8-7-13(5-2)10-9(8)11(15)17-14(10,6-3)12(16)18-13/h8-10H,4-7H2,1-3H3/t8-,9+,10+,13-,14+/m0/s1. The maximum Gasteiger partial charge on any atom is 0.351 e. The second-order valence-corrected chi connectivity index (χ2v) is 5.85. The molecule has 0 aromatic rings. The summed E-state index contributed by atoms with van der Waals surface area (Å²) in [6.45, 7) is 6.04. The van der Waals surface area contributed by atoms with Crippen molar-refractivity contribution in [1.29, 1.82) is 0 Å². The van der Waals surface area contributed by atoms with Crippen LogP contribution in [0.25, 0.3) is 0 Å². The molecule has 100 valence electrons. The van der Waals surface area contributed by atoms with Crippen molar-refractivity contribution in [2.45, 2.75) is 57.7 Å². The molecule has 0 aromatic carbocycles. The van der Waals surface area contributed by atoms with E-state index < -0.39 is 11.2 Å². The smallest absolute Gasteiger partial charge is 0.351 e. The molecule has 0 aromatic heterocycles. The van der Waals surface area contributed by atoms with Gasteiger partial charge in [0.2, 0.25) is 5.60 Å². The Morgan fingerprint density at radius 3 is 2.44 bits per heavy atom. The van der Waals surface area contributed by atoms with Gasteiger partial charge in [-0.2, -0.15) is 0 Å². The zero-order chi connectivity index (χ0) is 13.1. The topological polar surface area (TPSA) is 52.6 Å². The van der Waals surface area contributed by atoms with Crippen molar-refractivity contribution in [2.24, 2.45) is 17.8 Å². The Hall–Kier alpha value is -1.06. The molecule has 4 nitrogen and oxygen atoms in total. The minimum Gasteiger partial charge on any atom is -0.456 e. The second-order valence-electron chi connectivity index (χ2n) is 5.85. The van der Waals surface area contributed by atoms with Gasteiger partial charge in [0.1, 0.15) is 5.60 Å². The molecular weight excluding hydrogens is 232 g/mol. The van der Waals surface area contributed by atoms with E-state index >= 15 is 0 Å². The number of carbonyl (C=O) groups excluding carboxylic acids is 2. The predicted molar refractivity (Wildman–Crippen MR) is 63.6 cm³/mol. The minimum absolute atomic E-state index is 0.0649. The Morgan fingerprint density at radius 1 is 1.17 bits per heavy atom. The lowest BCUT2D eigenvalue weighted by molar-refractivity contribution is -0.170.